The number of aliphatic hydroxyl groups is 1. The highest BCUT2D eigenvalue weighted by Gasteiger charge is 2.31. The van der Waals surface area contributed by atoms with Crippen molar-refractivity contribution in [3.8, 4) is 0 Å². The summed E-state index contributed by atoms with van der Waals surface area (Å²) in [5.74, 6) is -7.87. The Balaban J connectivity index is 5.28. The van der Waals surface area contributed by atoms with Gasteiger partial charge in [-0.1, -0.05) is 13.8 Å². The van der Waals surface area contributed by atoms with Gasteiger partial charge in [-0.2, -0.15) is 0 Å². The molecule has 16 nitrogen and oxygen atoms in total. The number of hydrogen-bond acceptors (Lipinski definition) is 9. The van der Waals surface area contributed by atoms with Gasteiger partial charge in [0, 0.05) is 6.42 Å². The fourth-order valence-electron chi connectivity index (χ4n) is 2.69. The Labute approximate surface area is 206 Å². The van der Waals surface area contributed by atoms with E-state index < -0.39 is 84.7 Å². The van der Waals surface area contributed by atoms with Crippen LogP contribution in [-0.2, 0) is 33.6 Å². The molecule has 0 fully saturated rings. The van der Waals surface area contributed by atoms with E-state index in [4.69, 9.17) is 21.7 Å². The van der Waals surface area contributed by atoms with Gasteiger partial charge in [0.1, 0.15) is 12.1 Å². The summed E-state index contributed by atoms with van der Waals surface area (Å²) in [6, 6.07) is -5.73. The zero-order chi connectivity index (χ0) is 28.2. The van der Waals surface area contributed by atoms with Crippen molar-refractivity contribution < 1.29 is 48.9 Å². The van der Waals surface area contributed by atoms with Gasteiger partial charge in [-0.05, 0) is 19.3 Å². The van der Waals surface area contributed by atoms with Gasteiger partial charge < -0.3 is 48.1 Å². The van der Waals surface area contributed by atoms with E-state index in [-0.39, 0.29) is 18.8 Å². The highest BCUT2D eigenvalue weighted by Crippen LogP contribution is 2.02. The lowest BCUT2D eigenvalue weighted by molar-refractivity contribution is -0.145. The van der Waals surface area contributed by atoms with Crippen molar-refractivity contribution in [2.24, 2.45) is 17.4 Å². The minimum Gasteiger partial charge on any atom is -0.481 e. The molecule has 0 spiro atoms. The molecule has 0 aliphatic heterocycles. The molecule has 0 aromatic heterocycles. The minimum atomic E-state index is -1.71. The lowest BCUT2D eigenvalue weighted by Gasteiger charge is -2.23. The number of amides is 5. The van der Waals surface area contributed by atoms with E-state index in [2.05, 4.69) is 16.0 Å². The van der Waals surface area contributed by atoms with E-state index in [9.17, 15) is 38.7 Å². The van der Waals surface area contributed by atoms with Gasteiger partial charge in [0.05, 0.1) is 25.1 Å². The van der Waals surface area contributed by atoms with Crippen LogP contribution in [0, 0.1) is 5.92 Å². The third kappa shape index (κ3) is 12.1. The number of rotatable bonds is 16. The van der Waals surface area contributed by atoms with E-state index in [0.29, 0.717) is 0 Å². The minimum absolute atomic E-state index is 0.303. The molecule has 11 N–H and O–H groups in total. The van der Waals surface area contributed by atoms with Crippen molar-refractivity contribution >= 4 is 41.5 Å². The Morgan fingerprint density at radius 3 is 1.86 bits per heavy atom. The summed E-state index contributed by atoms with van der Waals surface area (Å²) in [5, 5.41) is 36.2. The van der Waals surface area contributed by atoms with Gasteiger partial charge >= 0.3 is 11.9 Å². The second-order valence-corrected chi connectivity index (χ2v) is 8.34. The molecule has 0 rings (SSSR count). The van der Waals surface area contributed by atoms with Crippen LogP contribution in [0.15, 0.2) is 0 Å². The summed E-state index contributed by atoms with van der Waals surface area (Å²) < 4.78 is 0. The molecule has 0 saturated heterocycles. The van der Waals surface area contributed by atoms with E-state index in [0.717, 1.165) is 6.92 Å². The molecule has 36 heavy (non-hydrogen) atoms. The lowest BCUT2D eigenvalue weighted by atomic mass is 10.0. The molecule has 0 saturated carbocycles. The van der Waals surface area contributed by atoms with Crippen LogP contribution in [0.5, 0.6) is 0 Å². The number of carbonyl (C=O) groups excluding carboxylic acids is 5. The SMILES string of the molecule is CC(C)C(N)C(=O)NC(CC(=O)O)C(=O)NCC(=O)NC(CCC(N)=O)C(=O)NC(C(=O)O)C(C)O. The largest absolute Gasteiger partial charge is 0.481 e. The predicted octanol–water partition coefficient (Wildman–Crippen LogP) is -4.25. The molecule has 0 aromatic carbocycles. The molecular weight excluding hydrogens is 484 g/mol. The van der Waals surface area contributed by atoms with Crippen LogP contribution in [0.25, 0.3) is 0 Å². The maximum absolute atomic E-state index is 12.5. The molecular formula is C20H34N6O10. The van der Waals surface area contributed by atoms with Crippen LogP contribution in [0.3, 0.4) is 0 Å². The van der Waals surface area contributed by atoms with Crippen LogP contribution in [0.1, 0.15) is 40.0 Å². The zero-order valence-corrected chi connectivity index (χ0v) is 20.1. The van der Waals surface area contributed by atoms with E-state index in [1.807, 2.05) is 5.32 Å². The molecule has 5 atom stereocenters. The highest BCUT2D eigenvalue weighted by atomic mass is 16.4. The predicted molar refractivity (Wildman–Crippen MR) is 122 cm³/mol. The van der Waals surface area contributed by atoms with Crippen molar-refractivity contribution in [2.45, 2.75) is 70.3 Å². The smallest absolute Gasteiger partial charge is 0.328 e. The maximum atomic E-state index is 12.5. The summed E-state index contributed by atoms with van der Waals surface area (Å²) >= 11 is 0. The highest BCUT2D eigenvalue weighted by molar-refractivity contribution is 5.95. The number of carboxylic acids is 2. The number of aliphatic hydroxyl groups excluding tert-OH is 1. The molecule has 204 valence electrons. The van der Waals surface area contributed by atoms with E-state index in [1.165, 1.54) is 0 Å². The standard InChI is InChI=1S/C20H34N6O10/c1-8(2)15(22)19(34)25-11(6-14(30)31)17(32)23-7-13(29)24-10(4-5-12(21)28)18(33)26-16(9(3)27)20(35)36/h8-11,15-16,27H,4-7,22H2,1-3H3,(H2,21,28)(H,23,32)(H,24,29)(H,25,34)(H,26,33)(H,30,31)(H,35,36). The molecule has 0 aliphatic rings. The van der Waals surface area contributed by atoms with Gasteiger partial charge in [0.2, 0.25) is 29.5 Å². The first-order valence-electron chi connectivity index (χ1n) is 10.9. The fourth-order valence-corrected chi connectivity index (χ4v) is 2.69. The summed E-state index contributed by atoms with van der Waals surface area (Å²) in [5.41, 5.74) is 10.7. The first-order valence-corrected chi connectivity index (χ1v) is 10.9. The number of primary amides is 1. The monoisotopic (exact) mass is 518 g/mol. The topological polar surface area (TPSA) is 280 Å². The van der Waals surface area contributed by atoms with Crippen molar-refractivity contribution in [2.75, 3.05) is 6.54 Å². The molecule has 0 aliphatic carbocycles. The van der Waals surface area contributed by atoms with Crippen LogP contribution < -0.4 is 32.7 Å². The molecule has 16 heteroatoms. The zero-order valence-electron chi connectivity index (χ0n) is 20.1. The number of hydrogen-bond donors (Lipinski definition) is 9. The maximum Gasteiger partial charge on any atom is 0.328 e. The molecule has 5 unspecified atom stereocenters. The molecule has 0 bridgehead atoms. The average molecular weight is 519 g/mol. The Kier molecular flexibility index (Phi) is 13.6. The van der Waals surface area contributed by atoms with E-state index in [1.54, 1.807) is 13.8 Å². The second kappa shape index (κ2) is 15.3. The first-order chi connectivity index (χ1) is 16.6. The molecule has 0 heterocycles. The van der Waals surface area contributed by atoms with Crippen LogP contribution in [-0.4, -0.2) is 93.6 Å². The van der Waals surface area contributed by atoms with Crippen molar-refractivity contribution in [1.29, 1.82) is 0 Å². The molecule has 0 radical (unpaired) electrons. The Morgan fingerprint density at radius 2 is 1.42 bits per heavy atom. The quantitative estimate of drug-likeness (QED) is 0.0942. The third-order valence-electron chi connectivity index (χ3n) is 4.83. The van der Waals surface area contributed by atoms with Gasteiger partial charge in [-0.15, -0.1) is 0 Å². The Morgan fingerprint density at radius 1 is 0.833 bits per heavy atom. The van der Waals surface area contributed by atoms with Crippen molar-refractivity contribution in [3.63, 3.8) is 0 Å². The first kappa shape index (κ1) is 32.2. The molecule has 5 amide bonds. The normalized spacial score (nSPS) is 14.9. The van der Waals surface area contributed by atoms with Gasteiger partial charge in [-0.3, -0.25) is 28.8 Å². The van der Waals surface area contributed by atoms with Gasteiger partial charge in [-0.25, -0.2) is 4.79 Å². The second-order valence-electron chi connectivity index (χ2n) is 8.34. The van der Waals surface area contributed by atoms with Crippen molar-refractivity contribution in [1.82, 2.24) is 21.3 Å². The van der Waals surface area contributed by atoms with Crippen LogP contribution >= 0.6 is 0 Å². The van der Waals surface area contributed by atoms with Crippen LogP contribution in [0.2, 0.25) is 0 Å². The summed E-state index contributed by atoms with van der Waals surface area (Å²) in [4.78, 5) is 82.7. The Hall–Kier alpha value is -3.79. The summed E-state index contributed by atoms with van der Waals surface area (Å²) in [6.45, 7) is 3.64. The summed E-state index contributed by atoms with van der Waals surface area (Å²) in [7, 11) is 0. The number of carboxylic acid groups (broad SMARTS) is 2. The fraction of sp³-hybridized carbons (Fsp3) is 0.650. The number of aliphatic carboxylic acids is 2. The van der Waals surface area contributed by atoms with Gasteiger partial charge in [0.15, 0.2) is 6.04 Å². The average Bonchev–Trinajstić information content (AvgIpc) is 2.76. The van der Waals surface area contributed by atoms with Crippen molar-refractivity contribution in [3.05, 3.63) is 0 Å². The van der Waals surface area contributed by atoms with Gasteiger partial charge in [0.25, 0.3) is 0 Å². The number of carbonyl (C=O) groups is 7. The number of nitrogens with one attached hydrogen (secondary N) is 4. The third-order valence-corrected chi connectivity index (χ3v) is 4.83. The molecule has 0 aromatic rings. The Bertz CT molecular complexity index is 847. The summed E-state index contributed by atoms with van der Waals surface area (Å²) in [6.07, 6.45) is -2.97. The lowest BCUT2D eigenvalue weighted by Crippen LogP contribution is -2.57. The van der Waals surface area contributed by atoms with E-state index >= 15 is 0 Å². The number of nitrogens with two attached hydrogens (primary N) is 2. The van der Waals surface area contributed by atoms with Crippen LogP contribution in [0.4, 0.5) is 0 Å².